The van der Waals surface area contributed by atoms with E-state index < -0.39 is 32.7 Å². The van der Waals surface area contributed by atoms with Gasteiger partial charge in [-0.25, -0.2) is 18.4 Å². The van der Waals surface area contributed by atoms with Gasteiger partial charge >= 0.3 is 20.0 Å². The quantitative estimate of drug-likeness (QED) is 0.505. The molecule has 0 rings (SSSR count). The van der Waals surface area contributed by atoms with Gasteiger partial charge in [-0.1, -0.05) is 23.2 Å². The lowest BCUT2D eigenvalue weighted by Gasteiger charge is -2.17. The molecule has 10 heteroatoms. The number of hydrogen-bond donors (Lipinski definition) is 0. The Morgan fingerprint density at radius 3 is 2.00 bits per heavy atom. The van der Waals surface area contributed by atoms with E-state index in [1.807, 2.05) is 0 Å². The van der Waals surface area contributed by atoms with Gasteiger partial charge in [-0.15, -0.1) is 0 Å². The van der Waals surface area contributed by atoms with E-state index in [4.69, 9.17) is 23.2 Å². The van der Waals surface area contributed by atoms with E-state index >= 15 is 0 Å². The third kappa shape index (κ3) is 7.38. The highest BCUT2D eigenvalue weighted by atomic mass is 79.9. The molecule has 0 aliphatic carbocycles. The van der Waals surface area contributed by atoms with Crippen molar-refractivity contribution in [2.24, 2.45) is 0 Å². The first-order valence-corrected chi connectivity index (χ1v) is 6.30. The molecule has 0 fully saturated rings. The third-order valence-electron chi connectivity index (χ3n) is 1.22. The number of rotatable bonds is 5. The summed E-state index contributed by atoms with van der Waals surface area (Å²) in [5, 5.41) is 0. The summed E-state index contributed by atoms with van der Waals surface area (Å²) in [5.41, 5.74) is 0. The Bertz CT molecular complexity index is 303. The van der Waals surface area contributed by atoms with E-state index in [2.05, 4.69) is 41.3 Å². The monoisotopic (exact) mass is 420 g/mol. The van der Waals surface area contributed by atoms with Gasteiger partial charge in [0.15, 0.2) is 0 Å². The summed E-state index contributed by atoms with van der Waals surface area (Å²) in [5.74, 6) is -2.84. The Morgan fingerprint density at radius 2 is 1.65 bits per heavy atom. The summed E-state index contributed by atoms with van der Waals surface area (Å²) in [4.78, 5) is 21.7. The van der Waals surface area contributed by atoms with Crippen LogP contribution in [-0.2, 0) is 19.1 Å². The fraction of sp³-hybridized carbons (Fsp3) is 0.714. The predicted molar refractivity (Wildman–Crippen MR) is 63.8 cm³/mol. The van der Waals surface area contributed by atoms with Crippen LogP contribution in [0.25, 0.3) is 0 Å². The van der Waals surface area contributed by atoms with Crippen LogP contribution in [0.1, 0.15) is 6.92 Å². The minimum absolute atomic E-state index is 0.505. The van der Waals surface area contributed by atoms with Gasteiger partial charge in [-0.2, -0.15) is 0 Å². The van der Waals surface area contributed by atoms with Crippen molar-refractivity contribution in [3.8, 4) is 0 Å². The maximum Gasteiger partial charge on any atom is 0.371 e. The van der Waals surface area contributed by atoms with Gasteiger partial charge in [0, 0.05) is 0 Å². The van der Waals surface area contributed by atoms with Gasteiger partial charge in [0.05, 0.1) is 0 Å². The second-order valence-corrected chi connectivity index (χ2v) is 6.95. The molecular formula is C7H6Br2Cl2F2O4. The molecule has 0 aliphatic heterocycles. The van der Waals surface area contributed by atoms with Crippen LogP contribution in [0.2, 0.25) is 0 Å². The second kappa shape index (κ2) is 6.49. The van der Waals surface area contributed by atoms with Gasteiger partial charge in [0.25, 0.3) is 0 Å². The Hall–Kier alpha value is 0.340. The van der Waals surface area contributed by atoms with Crippen LogP contribution in [0.5, 0.6) is 0 Å². The van der Waals surface area contributed by atoms with Crippen LogP contribution in [0.3, 0.4) is 0 Å². The van der Waals surface area contributed by atoms with Crippen molar-refractivity contribution < 1.29 is 27.8 Å². The summed E-state index contributed by atoms with van der Waals surface area (Å²) < 4.78 is 28.5. The Labute approximate surface area is 122 Å². The molecule has 0 spiro atoms. The fourth-order valence-electron chi connectivity index (χ4n) is 0.558. The SMILES string of the molecule is C[C@H](COC(=O)[C@@](F)(Cl)Br)OC(=O)[C@](F)(Cl)Br. The molecule has 0 amide bonds. The fourth-order valence-corrected chi connectivity index (χ4v) is 0.865. The molecule has 4 nitrogen and oxygen atoms in total. The molecule has 0 N–H and O–H groups in total. The molecule has 0 heterocycles. The van der Waals surface area contributed by atoms with Gasteiger partial charge < -0.3 is 9.47 Å². The van der Waals surface area contributed by atoms with Gasteiger partial charge in [-0.3, -0.25) is 0 Å². The van der Waals surface area contributed by atoms with Gasteiger partial charge in [0.1, 0.15) is 12.7 Å². The van der Waals surface area contributed by atoms with Gasteiger partial charge in [0.2, 0.25) is 0 Å². The smallest absolute Gasteiger partial charge is 0.371 e. The standard InChI is InChI=1S/C7H6Br2Cl2F2O4/c1-3(17-5(15)7(9,11)13)2-16-4(14)6(8,10)12/h3H,2H2,1H3/t3-,6+,7-/m1/s1. The molecular weight excluding hydrogens is 417 g/mol. The molecule has 0 aromatic rings. The average molecular weight is 423 g/mol. The van der Waals surface area contributed by atoms with E-state index in [1.165, 1.54) is 6.92 Å². The summed E-state index contributed by atoms with van der Waals surface area (Å²) in [6.07, 6.45) is -1.02. The largest absolute Gasteiger partial charge is 0.458 e. The van der Waals surface area contributed by atoms with E-state index in [-0.39, 0.29) is 0 Å². The summed E-state index contributed by atoms with van der Waals surface area (Å²) in [6.45, 7) is 0.776. The van der Waals surface area contributed by atoms with E-state index in [1.54, 1.807) is 0 Å². The number of alkyl halides is 6. The van der Waals surface area contributed by atoms with Crippen molar-refractivity contribution in [1.29, 1.82) is 0 Å². The molecule has 100 valence electrons. The van der Waals surface area contributed by atoms with Crippen molar-refractivity contribution in [1.82, 2.24) is 0 Å². The number of halogens is 6. The number of esters is 2. The first-order chi connectivity index (χ1) is 7.44. The van der Waals surface area contributed by atoms with Crippen molar-refractivity contribution in [2.75, 3.05) is 6.61 Å². The molecule has 0 saturated heterocycles. The van der Waals surface area contributed by atoms with Crippen LogP contribution in [0.15, 0.2) is 0 Å². The summed E-state index contributed by atoms with van der Waals surface area (Å²) in [7, 11) is 0. The number of hydrogen-bond acceptors (Lipinski definition) is 4. The first kappa shape index (κ1) is 17.3. The zero-order valence-electron chi connectivity index (χ0n) is 8.19. The molecule has 0 unspecified atom stereocenters. The molecule has 0 saturated carbocycles. The molecule has 17 heavy (non-hydrogen) atoms. The first-order valence-electron chi connectivity index (χ1n) is 3.96. The zero-order chi connectivity index (χ0) is 13.9. The van der Waals surface area contributed by atoms with Crippen LogP contribution in [-0.4, -0.2) is 32.7 Å². The lowest BCUT2D eigenvalue weighted by Crippen LogP contribution is -2.31. The number of ether oxygens (including phenoxy) is 2. The second-order valence-electron chi connectivity index (χ2n) is 2.81. The molecule has 0 radical (unpaired) electrons. The summed E-state index contributed by atoms with van der Waals surface area (Å²) in [6, 6.07) is 0. The van der Waals surface area contributed by atoms with Crippen molar-refractivity contribution in [3.05, 3.63) is 0 Å². The maximum absolute atomic E-state index is 12.7. The van der Waals surface area contributed by atoms with Gasteiger partial charge in [-0.05, 0) is 38.8 Å². The Kier molecular flexibility index (Phi) is 6.62. The average Bonchev–Trinajstić information content (AvgIpc) is 2.10. The molecule has 0 aromatic heterocycles. The van der Waals surface area contributed by atoms with E-state index in [0.717, 1.165) is 0 Å². The van der Waals surface area contributed by atoms with E-state index in [9.17, 15) is 18.4 Å². The van der Waals surface area contributed by atoms with Crippen LogP contribution < -0.4 is 0 Å². The summed E-state index contributed by atoms with van der Waals surface area (Å²) >= 11 is 14.3. The normalized spacial score (nSPS) is 19.7. The Balaban J connectivity index is 4.10. The topological polar surface area (TPSA) is 52.6 Å². The van der Waals surface area contributed by atoms with Crippen LogP contribution >= 0.6 is 55.1 Å². The molecule has 0 bridgehead atoms. The molecule has 0 aromatic carbocycles. The minimum atomic E-state index is -2.86. The molecule has 0 aliphatic rings. The maximum atomic E-state index is 12.7. The highest BCUT2D eigenvalue weighted by molar-refractivity contribution is 9.10. The third-order valence-corrected chi connectivity index (χ3v) is 2.18. The van der Waals surface area contributed by atoms with Crippen molar-refractivity contribution in [3.63, 3.8) is 0 Å². The lowest BCUT2D eigenvalue weighted by molar-refractivity contribution is -0.162. The van der Waals surface area contributed by atoms with E-state index in [0.29, 0.717) is 0 Å². The lowest BCUT2D eigenvalue weighted by atomic mass is 10.4. The molecule has 3 atom stereocenters. The van der Waals surface area contributed by atoms with Crippen LogP contribution in [0.4, 0.5) is 8.78 Å². The van der Waals surface area contributed by atoms with Crippen molar-refractivity contribution >= 4 is 67.0 Å². The number of carbonyl (C=O) groups excluding carboxylic acids is 2. The van der Waals surface area contributed by atoms with Crippen molar-refractivity contribution in [2.45, 2.75) is 21.1 Å². The number of carbonyl (C=O) groups is 2. The highest BCUT2D eigenvalue weighted by Crippen LogP contribution is 2.28. The highest BCUT2D eigenvalue weighted by Gasteiger charge is 2.37. The minimum Gasteiger partial charge on any atom is -0.458 e. The van der Waals surface area contributed by atoms with Crippen LogP contribution in [0, 0.1) is 0 Å². The Morgan fingerprint density at radius 1 is 1.24 bits per heavy atom. The predicted octanol–water partition coefficient (Wildman–Crippen LogP) is 2.98. The zero-order valence-corrected chi connectivity index (χ0v) is 12.9.